The van der Waals surface area contributed by atoms with Gasteiger partial charge < -0.3 is 10.3 Å². The van der Waals surface area contributed by atoms with E-state index >= 15 is 0 Å². The molecule has 0 aromatic carbocycles. The maximum absolute atomic E-state index is 12.7. The molecular weight excluding hydrogens is 324 g/mol. The standard InChI is InChI=1S/C17H26N4O2S/c1-10(2)8-21-15(23)14-12(7-11(3)18-14)19-16(21)24-9-13(22)20-17(4,5)6/h7,10,18H,8-9H2,1-6H3,(H,20,22). The number of aromatic amines is 1. The van der Waals surface area contributed by atoms with Gasteiger partial charge in [0, 0.05) is 17.8 Å². The number of hydrogen-bond acceptors (Lipinski definition) is 4. The molecule has 2 heterocycles. The van der Waals surface area contributed by atoms with Crippen molar-refractivity contribution in [3.63, 3.8) is 0 Å². The minimum atomic E-state index is -0.273. The molecule has 6 nitrogen and oxygen atoms in total. The fourth-order valence-corrected chi connectivity index (χ4v) is 3.24. The number of rotatable bonds is 5. The van der Waals surface area contributed by atoms with Gasteiger partial charge in [-0.05, 0) is 39.7 Å². The number of thioether (sulfide) groups is 1. The minimum absolute atomic E-state index is 0.0665. The summed E-state index contributed by atoms with van der Waals surface area (Å²) in [6.07, 6.45) is 0. The average molecular weight is 350 g/mol. The second-order valence-corrected chi connectivity index (χ2v) is 8.45. The smallest absolute Gasteiger partial charge is 0.278 e. The van der Waals surface area contributed by atoms with Crippen molar-refractivity contribution in [2.45, 2.75) is 58.8 Å². The largest absolute Gasteiger partial charge is 0.353 e. The van der Waals surface area contributed by atoms with E-state index in [-0.39, 0.29) is 22.8 Å². The molecule has 2 rings (SSSR count). The number of hydrogen-bond donors (Lipinski definition) is 2. The highest BCUT2D eigenvalue weighted by Crippen LogP contribution is 2.19. The van der Waals surface area contributed by atoms with Crippen molar-refractivity contribution in [3.05, 3.63) is 22.1 Å². The van der Waals surface area contributed by atoms with Crippen molar-refractivity contribution in [3.8, 4) is 0 Å². The van der Waals surface area contributed by atoms with E-state index in [0.29, 0.717) is 28.7 Å². The first-order valence-electron chi connectivity index (χ1n) is 8.11. The molecule has 0 radical (unpaired) electrons. The molecule has 0 unspecified atom stereocenters. The number of nitrogens with zero attached hydrogens (tertiary/aromatic N) is 2. The topological polar surface area (TPSA) is 79.8 Å². The lowest BCUT2D eigenvalue weighted by atomic mass is 10.1. The van der Waals surface area contributed by atoms with Gasteiger partial charge in [0.05, 0.1) is 11.3 Å². The van der Waals surface area contributed by atoms with E-state index in [4.69, 9.17) is 0 Å². The van der Waals surface area contributed by atoms with Crippen LogP contribution in [-0.4, -0.2) is 31.7 Å². The van der Waals surface area contributed by atoms with Gasteiger partial charge in [0.15, 0.2) is 5.16 Å². The van der Waals surface area contributed by atoms with Crippen LogP contribution in [-0.2, 0) is 11.3 Å². The number of nitrogens with one attached hydrogen (secondary N) is 2. The van der Waals surface area contributed by atoms with E-state index in [1.54, 1.807) is 4.57 Å². The van der Waals surface area contributed by atoms with Crippen LogP contribution in [0.3, 0.4) is 0 Å². The van der Waals surface area contributed by atoms with Crippen LogP contribution in [0.25, 0.3) is 11.0 Å². The molecule has 0 atom stereocenters. The van der Waals surface area contributed by atoms with E-state index < -0.39 is 0 Å². The Morgan fingerprint density at radius 1 is 1.42 bits per heavy atom. The first-order chi connectivity index (χ1) is 11.1. The Labute approximate surface area is 146 Å². The maximum Gasteiger partial charge on any atom is 0.278 e. The quantitative estimate of drug-likeness (QED) is 0.642. The van der Waals surface area contributed by atoms with Crippen LogP contribution in [0.2, 0.25) is 0 Å². The van der Waals surface area contributed by atoms with Crippen molar-refractivity contribution in [2.24, 2.45) is 5.92 Å². The van der Waals surface area contributed by atoms with E-state index in [9.17, 15) is 9.59 Å². The summed E-state index contributed by atoms with van der Waals surface area (Å²) in [6.45, 7) is 12.4. The molecule has 0 fully saturated rings. The summed E-state index contributed by atoms with van der Waals surface area (Å²) < 4.78 is 1.66. The normalized spacial score (nSPS) is 12.1. The average Bonchev–Trinajstić information content (AvgIpc) is 2.78. The molecule has 0 bridgehead atoms. The van der Waals surface area contributed by atoms with Crippen LogP contribution in [0, 0.1) is 12.8 Å². The molecule has 2 aromatic heterocycles. The highest BCUT2D eigenvalue weighted by molar-refractivity contribution is 7.99. The number of aryl methyl sites for hydroxylation is 1. The van der Waals surface area contributed by atoms with Crippen LogP contribution in [0.15, 0.2) is 16.0 Å². The first kappa shape index (κ1) is 18.6. The van der Waals surface area contributed by atoms with Gasteiger partial charge in [-0.2, -0.15) is 0 Å². The fourth-order valence-electron chi connectivity index (χ4n) is 2.43. The molecule has 0 saturated heterocycles. The molecule has 0 saturated carbocycles. The molecule has 7 heteroatoms. The predicted octanol–water partition coefficient (Wildman–Crippen LogP) is 2.70. The molecular formula is C17H26N4O2S. The van der Waals surface area contributed by atoms with Crippen LogP contribution in [0.5, 0.6) is 0 Å². The van der Waals surface area contributed by atoms with E-state index in [1.807, 2.05) is 33.8 Å². The zero-order valence-corrected chi connectivity index (χ0v) is 16.0. The predicted molar refractivity (Wildman–Crippen MR) is 98.5 cm³/mol. The summed E-state index contributed by atoms with van der Waals surface area (Å²) in [4.78, 5) is 32.5. The van der Waals surface area contributed by atoms with Crippen molar-refractivity contribution >= 4 is 28.7 Å². The summed E-state index contributed by atoms with van der Waals surface area (Å²) in [5.74, 6) is 0.473. The summed E-state index contributed by atoms with van der Waals surface area (Å²) in [5.41, 5.74) is 1.72. The molecule has 2 N–H and O–H groups in total. The summed E-state index contributed by atoms with van der Waals surface area (Å²) in [7, 11) is 0. The number of carbonyl (C=O) groups excluding carboxylic acids is 1. The highest BCUT2D eigenvalue weighted by Gasteiger charge is 2.18. The van der Waals surface area contributed by atoms with Crippen LogP contribution in [0.4, 0.5) is 0 Å². The Morgan fingerprint density at radius 2 is 2.08 bits per heavy atom. The maximum atomic E-state index is 12.7. The van der Waals surface area contributed by atoms with Crippen LogP contribution in [0.1, 0.15) is 40.3 Å². The number of H-pyrrole nitrogens is 1. The first-order valence-corrected chi connectivity index (χ1v) is 9.09. The van der Waals surface area contributed by atoms with Gasteiger partial charge in [0.1, 0.15) is 5.52 Å². The molecule has 0 aliphatic heterocycles. The summed E-state index contributed by atoms with van der Waals surface area (Å²) in [6, 6.07) is 1.86. The number of amides is 1. The van der Waals surface area contributed by atoms with Gasteiger partial charge in [-0.25, -0.2) is 4.98 Å². The lowest BCUT2D eigenvalue weighted by Crippen LogP contribution is -2.41. The Kier molecular flexibility index (Phi) is 5.42. The van der Waals surface area contributed by atoms with Gasteiger partial charge in [-0.1, -0.05) is 25.6 Å². The van der Waals surface area contributed by atoms with Gasteiger partial charge in [0.2, 0.25) is 5.91 Å². The summed E-state index contributed by atoms with van der Waals surface area (Å²) >= 11 is 1.30. The zero-order valence-electron chi connectivity index (χ0n) is 15.2. The van der Waals surface area contributed by atoms with Crippen molar-refractivity contribution in [1.82, 2.24) is 19.9 Å². The van der Waals surface area contributed by atoms with E-state index in [2.05, 4.69) is 29.1 Å². The fraction of sp³-hybridized carbons (Fsp3) is 0.588. The second-order valence-electron chi connectivity index (χ2n) is 7.50. The van der Waals surface area contributed by atoms with E-state index in [0.717, 1.165) is 5.69 Å². The highest BCUT2D eigenvalue weighted by atomic mass is 32.2. The molecule has 2 aromatic rings. The molecule has 132 valence electrons. The Hall–Kier alpha value is -1.76. The Balaban J connectivity index is 2.33. The monoisotopic (exact) mass is 350 g/mol. The van der Waals surface area contributed by atoms with E-state index in [1.165, 1.54) is 11.8 Å². The van der Waals surface area contributed by atoms with Crippen LogP contribution >= 0.6 is 11.8 Å². The van der Waals surface area contributed by atoms with Gasteiger partial charge in [-0.15, -0.1) is 0 Å². The Morgan fingerprint density at radius 3 is 2.67 bits per heavy atom. The van der Waals surface area contributed by atoms with Crippen molar-refractivity contribution < 1.29 is 4.79 Å². The Bertz CT molecular complexity index is 799. The third-order valence-electron chi connectivity index (χ3n) is 3.23. The number of fused-ring (bicyclic) bond motifs is 1. The lowest BCUT2D eigenvalue weighted by molar-refractivity contribution is -0.119. The minimum Gasteiger partial charge on any atom is -0.353 e. The molecule has 0 spiro atoms. The number of carbonyl (C=O) groups is 1. The lowest BCUT2D eigenvalue weighted by Gasteiger charge is -2.20. The molecule has 0 aliphatic rings. The SMILES string of the molecule is Cc1cc2nc(SCC(=O)NC(C)(C)C)n(CC(C)C)c(=O)c2[nH]1. The zero-order chi connectivity index (χ0) is 18.1. The second kappa shape index (κ2) is 7.01. The third kappa shape index (κ3) is 4.63. The molecule has 0 aliphatic carbocycles. The van der Waals surface area contributed by atoms with Gasteiger partial charge in [-0.3, -0.25) is 14.2 Å². The molecule has 24 heavy (non-hydrogen) atoms. The number of aromatic nitrogens is 3. The van der Waals surface area contributed by atoms with Crippen molar-refractivity contribution in [2.75, 3.05) is 5.75 Å². The van der Waals surface area contributed by atoms with Gasteiger partial charge in [0.25, 0.3) is 5.56 Å². The van der Waals surface area contributed by atoms with Crippen LogP contribution < -0.4 is 10.9 Å². The van der Waals surface area contributed by atoms with Crippen molar-refractivity contribution in [1.29, 1.82) is 0 Å². The van der Waals surface area contributed by atoms with Gasteiger partial charge >= 0.3 is 0 Å². The summed E-state index contributed by atoms with van der Waals surface area (Å²) in [5, 5.41) is 3.51. The molecule has 1 amide bonds. The third-order valence-corrected chi connectivity index (χ3v) is 4.21.